The number of rotatable bonds is 3. The number of anilines is 3. The molecule has 0 spiro atoms. The van der Waals surface area contributed by atoms with Gasteiger partial charge in [-0.2, -0.15) is 0 Å². The summed E-state index contributed by atoms with van der Waals surface area (Å²) in [6.45, 7) is 0. The molecule has 0 bridgehead atoms. The first-order chi connectivity index (χ1) is 8.60. The molecule has 2 rings (SSSR count). The minimum atomic E-state index is 0.536. The molecule has 0 radical (unpaired) electrons. The van der Waals surface area contributed by atoms with E-state index in [2.05, 4.69) is 26.2 Å². The lowest BCUT2D eigenvalue weighted by Gasteiger charge is -2.10. The second kappa shape index (κ2) is 5.46. The van der Waals surface area contributed by atoms with Crippen LogP contribution in [0.2, 0.25) is 5.02 Å². The second-order valence-electron chi connectivity index (χ2n) is 3.57. The average Bonchev–Trinajstić information content (AvgIpc) is 2.33. The molecular formula is C12H11BrClN3O. The van der Waals surface area contributed by atoms with E-state index in [9.17, 15) is 0 Å². The fourth-order valence-electron chi connectivity index (χ4n) is 1.43. The molecule has 2 aromatic rings. The molecule has 0 saturated carbocycles. The SMILES string of the molecule is COc1ccc(Nc2ncc(N)cc2Br)cc1Cl. The molecule has 18 heavy (non-hydrogen) atoms. The Morgan fingerprint density at radius 1 is 1.39 bits per heavy atom. The van der Waals surface area contributed by atoms with Gasteiger partial charge in [0.2, 0.25) is 0 Å². The largest absolute Gasteiger partial charge is 0.495 e. The summed E-state index contributed by atoms with van der Waals surface area (Å²) in [7, 11) is 1.58. The Bertz CT molecular complexity index is 577. The van der Waals surface area contributed by atoms with Crippen molar-refractivity contribution < 1.29 is 4.74 Å². The number of nitrogens with zero attached hydrogens (tertiary/aromatic N) is 1. The highest BCUT2D eigenvalue weighted by atomic mass is 79.9. The van der Waals surface area contributed by atoms with E-state index in [1.54, 1.807) is 31.5 Å². The molecule has 0 aliphatic heterocycles. The predicted octanol–water partition coefficient (Wildman–Crippen LogP) is 3.83. The minimum Gasteiger partial charge on any atom is -0.495 e. The van der Waals surface area contributed by atoms with E-state index in [4.69, 9.17) is 22.1 Å². The fraction of sp³-hybridized carbons (Fsp3) is 0.0833. The maximum Gasteiger partial charge on any atom is 0.144 e. The van der Waals surface area contributed by atoms with Crippen molar-refractivity contribution in [2.24, 2.45) is 0 Å². The number of methoxy groups -OCH3 is 1. The van der Waals surface area contributed by atoms with Crippen LogP contribution in [0, 0.1) is 0 Å². The van der Waals surface area contributed by atoms with Crippen molar-refractivity contribution in [3.8, 4) is 5.75 Å². The lowest BCUT2D eigenvalue weighted by atomic mass is 10.3. The standard InChI is InChI=1S/C12H11BrClN3O/c1-18-11-3-2-8(5-10(11)14)17-12-9(13)4-7(15)6-16-12/h2-6H,15H2,1H3,(H,16,17). The molecule has 0 amide bonds. The first-order valence-corrected chi connectivity index (χ1v) is 6.29. The summed E-state index contributed by atoms with van der Waals surface area (Å²) < 4.78 is 5.88. The number of hydrogen-bond acceptors (Lipinski definition) is 4. The number of nitrogen functional groups attached to an aromatic ring is 1. The van der Waals surface area contributed by atoms with Crippen molar-refractivity contribution in [3.05, 3.63) is 40.0 Å². The van der Waals surface area contributed by atoms with Crippen LogP contribution in [0.3, 0.4) is 0 Å². The lowest BCUT2D eigenvalue weighted by Crippen LogP contribution is -1.96. The van der Waals surface area contributed by atoms with Crippen LogP contribution >= 0.6 is 27.5 Å². The minimum absolute atomic E-state index is 0.536. The monoisotopic (exact) mass is 327 g/mol. The average molecular weight is 329 g/mol. The smallest absolute Gasteiger partial charge is 0.144 e. The number of ether oxygens (including phenoxy) is 1. The molecule has 0 saturated heterocycles. The first kappa shape index (κ1) is 13.0. The van der Waals surface area contributed by atoms with Gasteiger partial charge in [-0.3, -0.25) is 0 Å². The first-order valence-electron chi connectivity index (χ1n) is 5.11. The van der Waals surface area contributed by atoms with Gasteiger partial charge in [0.25, 0.3) is 0 Å². The third-order valence-corrected chi connectivity index (χ3v) is 3.18. The predicted molar refractivity (Wildman–Crippen MR) is 77.6 cm³/mol. The topological polar surface area (TPSA) is 60.2 Å². The number of halogens is 2. The molecule has 3 N–H and O–H groups in total. The Labute approximate surface area is 118 Å². The van der Waals surface area contributed by atoms with E-state index in [0.717, 1.165) is 10.2 Å². The van der Waals surface area contributed by atoms with Gasteiger partial charge in [-0.15, -0.1) is 0 Å². The highest BCUT2D eigenvalue weighted by Gasteiger charge is 2.05. The maximum atomic E-state index is 6.04. The molecule has 0 aliphatic rings. The van der Waals surface area contributed by atoms with Crippen LogP contribution in [0.1, 0.15) is 0 Å². The van der Waals surface area contributed by atoms with Crippen LogP contribution in [0.15, 0.2) is 34.9 Å². The summed E-state index contributed by atoms with van der Waals surface area (Å²) in [5, 5.41) is 3.67. The summed E-state index contributed by atoms with van der Waals surface area (Å²) in [6, 6.07) is 7.19. The molecule has 1 aromatic carbocycles. The van der Waals surface area contributed by atoms with Gasteiger partial charge < -0.3 is 15.8 Å². The Balaban J connectivity index is 2.26. The van der Waals surface area contributed by atoms with Gasteiger partial charge in [0, 0.05) is 5.69 Å². The van der Waals surface area contributed by atoms with E-state index < -0.39 is 0 Å². The summed E-state index contributed by atoms with van der Waals surface area (Å²) in [4.78, 5) is 4.19. The Morgan fingerprint density at radius 2 is 2.17 bits per heavy atom. The molecule has 0 fully saturated rings. The van der Waals surface area contributed by atoms with Crippen LogP contribution in [0.25, 0.3) is 0 Å². The number of benzene rings is 1. The van der Waals surface area contributed by atoms with Gasteiger partial charge >= 0.3 is 0 Å². The summed E-state index contributed by atoms with van der Waals surface area (Å²) >= 11 is 9.43. The van der Waals surface area contributed by atoms with Crippen molar-refractivity contribution in [1.29, 1.82) is 0 Å². The molecule has 0 atom stereocenters. The van der Waals surface area contributed by atoms with Gasteiger partial charge in [-0.05, 0) is 40.2 Å². The van der Waals surface area contributed by atoms with E-state index in [-0.39, 0.29) is 0 Å². The lowest BCUT2D eigenvalue weighted by molar-refractivity contribution is 0.415. The van der Waals surface area contributed by atoms with Crippen LogP contribution in [0.4, 0.5) is 17.2 Å². The van der Waals surface area contributed by atoms with Crippen LogP contribution in [-0.2, 0) is 0 Å². The molecule has 4 nitrogen and oxygen atoms in total. The normalized spacial score (nSPS) is 10.2. The van der Waals surface area contributed by atoms with Crippen LogP contribution in [0.5, 0.6) is 5.75 Å². The van der Waals surface area contributed by atoms with E-state index in [1.807, 2.05) is 6.07 Å². The quantitative estimate of drug-likeness (QED) is 0.899. The number of nitrogens with one attached hydrogen (secondary N) is 1. The molecule has 0 aliphatic carbocycles. The Hall–Kier alpha value is -1.46. The summed E-state index contributed by atoms with van der Waals surface area (Å²) in [5.41, 5.74) is 7.04. The molecule has 1 aromatic heterocycles. The molecular weight excluding hydrogens is 318 g/mol. The van der Waals surface area contributed by atoms with E-state index in [1.165, 1.54) is 0 Å². The molecule has 94 valence electrons. The Kier molecular flexibility index (Phi) is 3.93. The molecule has 0 unspecified atom stereocenters. The third kappa shape index (κ3) is 2.86. The second-order valence-corrected chi connectivity index (χ2v) is 4.83. The van der Waals surface area contributed by atoms with Crippen molar-refractivity contribution >= 4 is 44.7 Å². The number of pyridine rings is 1. The fourth-order valence-corrected chi connectivity index (χ4v) is 2.15. The van der Waals surface area contributed by atoms with Crippen molar-refractivity contribution in [3.63, 3.8) is 0 Å². The highest BCUT2D eigenvalue weighted by Crippen LogP contribution is 2.30. The van der Waals surface area contributed by atoms with Crippen molar-refractivity contribution in [2.75, 3.05) is 18.2 Å². The third-order valence-electron chi connectivity index (χ3n) is 2.28. The Morgan fingerprint density at radius 3 is 2.78 bits per heavy atom. The van der Waals surface area contributed by atoms with Gasteiger partial charge in [-0.25, -0.2) is 4.98 Å². The van der Waals surface area contributed by atoms with Gasteiger partial charge in [-0.1, -0.05) is 11.6 Å². The number of hydrogen-bond donors (Lipinski definition) is 2. The number of nitrogens with two attached hydrogens (primary N) is 1. The maximum absolute atomic E-state index is 6.04. The zero-order valence-electron chi connectivity index (χ0n) is 9.58. The van der Waals surface area contributed by atoms with Gasteiger partial charge in [0.15, 0.2) is 0 Å². The van der Waals surface area contributed by atoms with Gasteiger partial charge in [0.05, 0.1) is 28.5 Å². The summed E-state index contributed by atoms with van der Waals surface area (Å²) in [5.74, 6) is 1.30. The number of aromatic nitrogens is 1. The van der Waals surface area contributed by atoms with Crippen LogP contribution < -0.4 is 15.8 Å². The van der Waals surface area contributed by atoms with E-state index >= 15 is 0 Å². The van der Waals surface area contributed by atoms with E-state index in [0.29, 0.717) is 22.3 Å². The molecule has 6 heteroatoms. The van der Waals surface area contributed by atoms with Gasteiger partial charge in [0.1, 0.15) is 11.6 Å². The highest BCUT2D eigenvalue weighted by molar-refractivity contribution is 9.10. The molecule has 1 heterocycles. The zero-order chi connectivity index (χ0) is 13.1. The van der Waals surface area contributed by atoms with Crippen molar-refractivity contribution in [1.82, 2.24) is 4.98 Å². The summed E-state index contributed by atoms with van der Waals surface area (Å²) in [6.07, 6.45) is 1.58. The van der Waals surface area contributed by atoms with Crippen molar-refractivity contribution in [2.45, 2.75) is 0 Å². The van der Waals surface area contributed by atoms with Crippen LogP contribution in [-0.4, -0.2) is 12.1 Å². The zero-order valence-corrected chi connectivity index (χ0v) is 11.9.